The van der Waals surface area contributed by atoms with E-state index >= 15 is 0 Å². The monoisotopic (exact) mass is 577 g/mol. The second kappa shape index (κ2) is 11.0. The van der Waals surface area contributed by atoms with Crippen LogP contribution in [0.5, 0.6) is 0 Å². The van der Waals surface area contributed by atoms with Crippen molar-refractivity contribution < 1.29 is 9.53 Å². The second-order valence-electron chi connectivity index (χ2n) is 9.21. The molecule has 3 heterocycles. The molecule has 4 aromatic rings. The fourth-order valence-electron chi connectivity index (χ4n) is 4.96. The van der Waals surface area contributed by atoms with E-state index in [9.17, 15) is 9.59 Å². The van der Waals surface area contributed by atoms with Gasteiger partial charge in [0.1, 0.15) is 0 Å². The number of rotatable bonds is 6. The summed E-state index contributed by atoms with van der Waals surface area (Å²) in [5, 5.41) is 0.678. The number of ether oxygens (including phenoxy) is 1. The Bertz CT molecular complexity index is 1780. The summed E-state index contributed by atoms with van der Waals surface area (Å²) in [6.07, 6.45) is 3.92. The van der Waals surface area contributed by atoms with Gasteiger partial charge < -0.3 is 9.30 Å². The molecule has 2 aromatic heterocycles. The molecule has 5 rings (SSSR count). The summed E-state index contributed by atoms with van der Waals surface area (Å²) >= 11 is 9.06. The lowest BCUT2D eigenvalue weighted by molar-refractivity contribution is -0.139. The fraction of sp³-hybridized carbons (Fsp3) is 0.233. The number of hydrogen-bond donors (Lipinski definition) is 0. The van der Waals surface area contributed by atoms with E-state index in [4.69, 9.17) is 16.3 Å². The zero-order valence-electron chi connectivity index (χ0n) is 22.3. The third kappa shape index (κ3) is 5.04. The van der Waals surface area contributed by atoms with Gasteiger partial charge in [-0.15, -0.1) is 11.8 Å². The average molecular weight is 578 g/mol. The molecular formula is C30H28ClN3O3S2. The van der Waals surface area contributed by atoms with Crippen LogP contribution in [0.4, 0.5) is 0 Å². The quantitative estimate of drug-likeness (QED) is 0.222. The first kappa shape index (κ1) is 27.2. The molecule has 0 fully saturated rings. The molecule has 0 unspecified atom stereocenters. The Morgan fingerprint density at radius 2 is 1.82 bits per heavy atom. The van der Waals surface area contributed by atoms with E-state index < -0.39 is 12.0 Å². The molecular weight excluding hydrogens is 550 g/mol. The van der Waals surface area contributed by atoms with E-state index in [2.05, 4.69) is 15.6 Å². The van der Waals surface area contributed by atoms with Crippen LogP contribution >= 0.6 is 34.7 Å². The van der Waals surface area contributed by atoms with Crippen molar-refractivity contribution in [2.45, 2.75) is 38.6 Å². The Labute approximate surface area is 239 Å². The number of hydrogen-bond acceptors (Lipinski definition) is 6. The third-order valence-electron chi connectivity index (χ3n) is 6.79. The molecule has 200 valence electrons. The second-order valence-corrected chi connectivity index (χ2v) is 11.5. The van der Waals surface area contributed by atoms with Gasteiger partial charge in [0.2, 0.25) is 0 Å². The SMILES string of the molecule is CCOC(=O)C1=C(C)N=c2s/c(=C\c3cc(C)n(-c4ccc(Cl)cc4)c3C)c(=O)n2[C@H]1c1ccc(SC)cc1. The molecule has 2 aromatic carbocycles. The van der Waals surface area contributed by atoms with Gasteiger partial charge >= 0.3 is 5.97 Å². The Balaban J connectivity index is 1.68. The van der Waals surface area contributed by atoms with Gasteiger partial charge in [-0.05, 0) is 93.6 Å². The highest BCUT2D eigenvalue weighted by atomic mass is 35.5. The van der Waals surface area contributed by atoms with Gasteiger partial charge in [0.05, 0.1) is 28.5 Å². The van der Waals surface area contributed by atoms with Gasteiger partial charge in [0, 0.05) is 27.0 Å². The van der Waals surface area contributed by atoms with Crippen LogP contribution in [-0.4, -0.2) is 28.0 Å². The highest BCUT2D eigenvalue weighted by molar-refractivity contribution is 7.98. The topological polar surface area (TPSA) is 65.6 Å². The maximum atomic E-state index is 13.9. The molecule has 0 saturated heterocycles. The minimum atomic E-state index is -0.625. The van der Waals surface area contributed by atoms with Crippen molar-refractivity contribution in [1.82, 2.24) is 9.13 Å². The molecule has 6 nitrogen and oxygen atoms in total. The number of fused-ring (bicyclic) bond motifs is 1. The number of nitrogens with zero attached hydrogens (tertiary/aromatic N) is 3. The summed E-state index contributed by atoms with van der Waals surface area (Å²) in [6, 6.07) is 17.0. The lowest BCUT2D eigenvalue weighted by Crippen LogP contribution is -2.39. The van der Waals surface area contributed by atoms with E-state index in [1.165, 1.54) is 11.3 Å². The van der Waals surface area contributed by atoms with Crippen LogP contribution in [0.3, 0.4) is 0 Å². The van der Waals surface area contributed by atoms with Gasteiger partial charge in [-0.1, -0.05) is 35.1 Å². The summed E-state index contributed by atoms with van der Waals surface area (Å²) in [5.74, 6) is -0.460. The number of carbonyl (C=O) groups is 1. The zero-order chi connectivity index (χ0) is 27.8. The van der Waals surface area contributed by atoms with Gasteiger partial charge in [-0.2, -0.15) is 0 Å². The number of aryl methyl sites for hydroxylation is 1. The fourth-order valence-corrected chi connectivity index (χ4v) is 6.53. The largest absolute Gasteiger partial charge is 0.463 e. The van der Waals surface area contributed by atoms with Crippen molar-refractivity contribution in [3.8, 4) is 5.69 Å². The Hall–Kier alpha value is -3.33. The van der Waals surface area contributed by atoms with Crippen molar-refractivity contribution in [1.29, 1.82) is 0 Å². The van der Waals surface area contributed by atoms with Crippen LogP contribution in [0.2, 0.25) is 5.02 Å². The van der Waals surface area contributed by atoms with Gasteiger partial charge in [-0.3, -0.25) is 9.36 Å². The zero-order valence-corrected chi connectivity index (χ0v) is 24.7. The van der Waals surface area contributed by atoms with Crippen molar-refractivity contribution in [2.75, 3.05) is 12.9 Å². The van der Waals surface area contributed by atoms with Crippen LogP contribution in [-0.2, 0) is 9.53 Å². The van der Waals surface area contributed by atoms with Crippen molar-refractivity contribution in [3.05, 3.63) is 113 Å². The molecule has 1 aliphatic heterocycles. The molecule has 0 bridgehead atoms. The van der Waals surface area contributed by atoms with E-state index in [0.717, 1.165) is 33.1 Å². The summed E-state index contributed by atoms with van der Waals surface area (Å²) in [7, 11) is 0. The number of carbonyl (C=O) groups excluding carboxylic acids is 1. The summed E-state index contributed by atoms with van der Waals surface area (Å²) in [5.41, 5.74) is 5.57. The first-order valence-corrected chi connectivity index (χ1v) is 14.9. The standard InChI is InChI=1S/C30H28ClN3O3S2/c1-6-37-29(36)26-18(3)32-30-34(27(26)20-7-13-24(38-5)14-8-20)28(35)25(39-30)16-21-15-17(2)33(19(21)4)23-11-9-22(31)10-12-23/h7-16,27H,6H2,1-5H3/b25-16-/t27-/m0/s1. The molecule has 0 amide bonds. The first-order chi connectivity index (χ1) is 18.7. The van der Waals surface area contributed by atoms with Crippen LogP contribution in [0.15, 0.2) is 80.5 Å². The molecule has 9 heteroatoms. The van der Waals surface area contributed by atoms with Crippen LogP contribution in [0, 0.1) is 13.8 Å². The Morgan fingerprint density at radius 1 is 1.13 bits per heavy atom. The van der Waals surface area contributed by atoms with Gasteiger partial charge in [-0.25, -0.2) is 9.79 Å². The number of thiazole rings is 1. The molecule has 1 atom stereocenters. The number of benzene rings is 2. The molecule has 0 spiro atoms. The predicted molar refractivity (Wildman–Crippen MR) is 159 cm³/mol. The number of aromatic nitrogens is 2. The number of esters is 1. The number of thioether (sulfide) groups is 1. The molecule has 0 aliphatic carbocycles. The summed E-state index contributed by atoms with van der Waals surface area (Å²) in [4.78, 5) is 33.4. The maximum absolute atomic E-state index is 13.9. The summed E-state index contributed by atoms with van der Waals surface area (Å²) in [6.45, 7) is 7.87. The Kier molecular flexibility index (Phi) is 7.71. The minimum Gasteiger partial charge on any atom is -0.463 e. The number of halogens is 1. The van der Waals surface area contributed by atoms with E-state index in [1.807, 2.05) is 74.7 Å². The lowest BCUT2D eigenvalue weighted by Gasteiger charge is -2.24. The normalized spacial score (nSPS) is 15.3. The molecule has 0 radical (unpaired) electrons. The maximum Gasteiger partial charge on any atom is 0.338 e. The smallest absolute Gasteiger partial charge is 0.338 e. The molecule has 1 aliphatic rings. The van der Waals surface area contributed by atoms with Crippen LogP contribution in [0.1, 0.15) is 42.4 Å². The van der Waals surface area contributed by atoms with Crippen LogP contribution < -0.4 is 14.9 Å². The molecule has 39 heavy (non-hydrogen) atoms. The van der Waals surface area contributed by atoms with Gasteiger partial charge in [0.15, 0.2) is 4.80 Å². The van der Waals surface area contributed by atoms with Gasteiger partial charge in [0.25, 0.3) is 5.56 Å². The lowest BCUT2D eigenvalue weighted by atomic mass is 9.96. The Morgan fingerprint density at radius 3 is 2.46 bits per heavy atom. The minimum absolute atomic E-state index is 0.191. The van der Waals surface area contributed by atoms with E-state index in [-0.39, 0.29) is 12.2 Å². The third-order valence-corrected chi connectivity index (χ3v) is 8.77. The first-order valence-electron chi connectivity index (χ1n) is 12.5. The van der Waals surface area contributed by atoms with Crippen molar-refractivity contribution >= 4 is 46.7 Å². The summed E-state index contributed by atoms with van der Waals surface area (Å²) < 4.78 is 9.71. The van der Waals surface area contributed by atoms with E-state index in [1.54, 1.807) is 30.2 Å². The average Bonchev–Trinajstić information content (AvgIpc) is 3.38. The molecule has 0 saturated carbocycles. The van der Waals surface area contributed by atoms with E-state index in [0.29, 0.717) is 25.6 Å². The highest BCUT2D eigenvalue weighted by Crippen LogP contribution is 2.32. The van der Waals surface area contributed by atoms with Crippen molar-refractivity contribution in [3.63, 3.8) is 0 Å². The van der Waals surface area contributed by atoms with Crippen molar-refractivity contribution in [2.24, 2.45) is 4.99 Å². The predicted octanol–water partition coefficient (Wildman–Crippen LogP) is 5.58. The number of allylic oxidation sites excluding steroid dienone is 1. The van der Waals surface area contributed by atoms with Crippen LogP contribution in [0.25, 0.3) is 11.8 Å². The highest BCUT2D eigenvalue weighted by Gasteiger charge is 2.33. The molecule has 0 N–H and O–H groups in total.